The molecule has 0 atom stereocenters. The van der Waals surface area contributed by atoms with Gasteiger partial charge in [-0.05, 0) is 78.7 Å². The minimum atomic E-state index is -1.54. The Kier molecular flexibility index (Phi) is 9.88. The topological polar surface area (TPSA) is 178 Å². The van der Waals surface area contributed by atoms with E-state index >= 15 is 0 Å². The van der Waals surface area contributed by atoms with Crippen molar-refractivity contribution in [2.24, 2.45) is 0 Å². The summed E-state index contributed by atoms with van der Waals surface area (Å²) in [5.74, 6) is -2.49. The van der Waals surface area contributed by atoms with Crippen LogP contribution in [0, 0.1) is 0 Å². The number of hydrogen-bond acceptors (Lipinski definition) is 9. The van der Waals surface area contributed by atoms with Gasteiger partial charge >= 0.3 is 11.9 Å². The largest absolute Gasteiger partial charge is 0.483 e. The average molecular weight is 667 g/mol. The Balaban J connectivity index is 1.51. The summed E-state index contributed by atoms with van der Waals surface area (Å²) in [6.07, 6.45) is 3.08. The molecular formula is C37H34N2O10. The summed E-state index contributed by atoms with van der Waals surface area (Å²) < 4.78 is 23.0. The Hall–Kier alpha value is -6.30. The van der Waals surface area contributed by atoms with Crippen molar-refractivity contribution in [3.05, 3.63) is 130 Å². The summed E-state index contributed by atoms with van der Waals surface area (Å²) in [7, 11) is 1.80. The van der Waals surface area contributed by atoms with Crippen molar-refractivity contribution in [2.75, 3.05) is 17.7 Å². The van der Waals surface area contributed by atoms with Crippen molar-refractivity contribution in [3.63, 3.8) is 0 Å². The van der Waals surface area contributed by atoms with Gasteiger partial charge in [0, 0.05) is 18.0 Å². The molecule has 0 aliphatic heterocycles. The Morgan fingerprint density at radius 3 is 1.65 bits per heavy atom. The number of carbonyl (C=O) groups excluding carboxylic acids is 2. The number of carboxylic acid groups (broad SMARTS) is 2. The second-order valence-electron chi connectivity index (χ2n) is 11.6. The zero-order valence-corrected chi connectivity index (χ0v) is 27.2. The predicted octanol–water partition coefficient (Wildman–Crippen LogP) is 7.25. The third-order valence-electron chi connectivity index (χ3n) is 8.07. The standard InChI is InChI=1S/C37H34N2O10/c1-21(40)26-17-27(29(36(44)45)18-28(26)35(42)43)34(41)39-31-12-10-23(16-33(31)49-20-25-8-6-14-47-25)37(2,3)22-9-11-30(38-4)32(15-22)48-19-24-7-5-13-46-24/h5-18,38H,19-20H2,1-4H3,(H,39,41)(H,42,43)(H,44,45). The molecule has 0 aliphatic carbocycles. The quantitative estimate of drug-likeness (QED) is 0.0878. The monoisotopic (exact) mass is 666 g/mol. The van der Waals surface area contributed by atoms with Crippen molar-refractivity contribution in [2.45, 2.75) is 39.4 Å². The number of amides is 1. The molecule has 12 nitrogen and oxygen atoms in total. The molecule has 4 N–H and O–H groups in total. The molecular weight excluding hydrogens is 632 g/mol. The van der Waals surface area contributed by atoms with Crippen molar-refractivity contribution >= 4 is 35.0 Å². The highest BCUT2D eigenvalue weighted by Crippen LogP contribution is 2.40. The van der Waals surface area contributed by atoms with Gasteiger partial charge in [0.25, 0.3) is 5.91 Å². The number of hydrogen-bond donors (Lipinski definition) is 4. The minimum absolute atomic E-state index is 0.0174. The van der Waals surface area contributed by atoms with Crippen molar-refractivity contribution < 1.29 is 47.7 Å². The van der Waals surface area contributed by atoms with Crippen molar-refractivity contribution in [1.29, 1.82) is 0 Å². The fourth-order valence-electron chi connectivity index (χ4n) is 5.25. The molecule has 0 saturated carbocycles. The molecule has 0 bridgehead atoms. The molecule has 3 aromatic carbocycles. The highest BCUT2D eigenvalue weighted by molar-refractivity contribution is 6.15. The zero-order valence-electron chi connectivity index (χ0n) is 27.2. The Labute approximate surface area is 281 Å². The first-order chi connectivity index (χ1) is 23.4. The van der Waals surface area contributed by atoms with Crippen LogP contribution >= 0.6 is 0 Å². The first-order valence-electron chi connectivity index (χ1n) is 15.1. The molecule has 0 saturated heterocycles. The Bertz CT molecular complexity index is 2010. The number of benzene rings is 3. The van der Waals surface area contributed by atoms with E-state index in [1.807, 2.05) is 38.1 Å². The van der Waals surface area contributed by atoms with E-state index in [2.05, 4.69) is 10.6 Å². The smallest absolute Gasteiger partial charge is 0.336 e. The molecule has 2 aromatic heterocycles. The second kappa shape index (κ2) is 14.2. The van der Waals surface area contributed by atoms with E-state index in [4.69, 9.17) is 18.3 Å². The van der Waals surface area contributed by atoms with Crippen LogP contribution in [0.2, 0.25) is 0 Å². The van der Waals surface area contributed by atoms with E-state index < -0.39 is 45.7 Å². The van der Waals surface area contributed by atoms with Gasteiger partial charge in [0.2, 0.25) is 0 Å². The van der Waals surface area contributed by atoms with Crippen LogP contribution < -0.4 is 20.1 Å². The van der Waals surface area contributed by atoms with Crippen LogP contribution in [0.25, 0.3) is 0 Å². The molecule has 49 heavy (non-hydrogen) atoms. The van der Waals surface area contributed by atoms with Crippen LogP contribution in [0.15, 0.2) is 94.2 Å². The van der Waals surface area contributed by atoms with Crippen LogP contribution in [0.3, 0.4) is 0 Å². The van der Waals surface area contributed by atoms with Gasteiger partial charge in [0.05, 0.1) is 40.6 Å². The molecule has 5 rings (SSSR count). The van der Waals surface area contributed by atoms with Gasteiger partial charge in [-0.2, -0.15) is 0 Å². The summed E-state index contributed by atoms with van der Waals surface area (Å²) >= 11 is 0. The molecule has 12 heteroatoms. The van der Waals surface area contributed by atoms with Crippen molar-refractivity contribution in [1.82, 2.24) is 0 Å². The van der Waals surface area contributed by atoms with Crippen molar-refractivity contribution in [3.8, 4) is 11.5 Å². The number of ether oxygens (including phenoxy) is 2. The molecule has 2 heterocycles. The molecule has 5 aromatic rings. The number of Topliss-reactive ketones (excluding diaryl/α,β-unsaturated/α-hetero) is 1. The molecule has 252 valence electrons. The van der Waals surface area contributed by atoms with Crippen LogP contribution in [-0.2, 0) is 18.6 Å². The number of carboxylic acids is 2. The van der Waals surface area contributed by atoms with E-state index in [0.29, 0.717) is 17.3 Å². The van der Waals surface area contributed by atoms with Crippen LogP contribution in [0.5, 0.6) is 11.5 Å². The van der Waals surface area contributed by atoms with Gasteiger partial charge in [0.15, 0.2) is 5.78 Å². The maximum Gasteiger partial charge on any atom is 0.336 e. The lowest BCUT2D eigenvalue weighted by atomic mass is 9.78. The van der Waals surface area contributed by atoms with E-state index in [-0.39, 0.29) is 30.2 Å². The van der Waals surface area contributed by atoms with Gasteiger partial charge in [-0.25, -0.2) is 9.59 Å². The van der Waals surface area contributed by atoms with E-state index in [9.17, 15) is 29.4 Å². The number of rotatable bonds is 14. The molecule has 0 fully saturated rings. The number of ketones is 1. The van der Waals surface area contributed by atoms with Crippen LogP contribution in [0.4, 0.5) is 11.4 Å². The van der Waals surface area contributed by atoms with Crippen LogP contribution in [0.1, 0.15) is 84.9 Å². The predicted molar refractivity (Wildman–Crippen MR) is 179 cm³/mol. The maximum atomic E-state index is 13.6. The van der Waals surface area contributed by atoms with Gasteiger partial charge < -0.3 is 39.2 Å². The first kappa shape index (κ1) is 34.0. The van der Waals surface area contributed by atoms with E-state index in [0.717, 1.165) is 35.9 Å². The van der Waals surface area contributed by atoms with Gasteiger partial charge in [-0.3, -0.25) is 9.59 Å². The Morgan fingerprint density at radius 2 is 1.18 bits per heavy atom. The molecule has 0 spiro atoms. The van der Waals surface area contributed by atoms with Gasteiger partial charge in [-0.1, -0.05) is 26.0 Å². The summed E-state index contributed by atoms with van der Waals surface area (Å²) in [4.78, 5) is 49.7. The minimum Gasteiger partial charge on any atom is -0.483 e. The number of nitrogens with one attached hydrogen (secondary N) is 2. The lowest BCUT2D eigenvalue weighted by Gasteiger charge is -2.28. The highest BCUT2D eigenvalue weighted by Gasteiger charge is 2.28. The number of anilines is 2. The van der Waals surface area contributed by atoms with E-state index in [1.54, 1.807) is 49.7 Å². The molecule has 1 amide bonds. The summed E-state index contributed by atoms with van der Waals surface area (Å²) in [6.45, 7) is 5.43. The highest BCUT2D eigenvalue weighted by atomic mass is 16.5. The van der Waals surface area contributed by atoms with Gasteiger partial charge in [0.1, 0.15) is 36.2 Å². The summed E-state index contributed by atoms with van der Waals surface area (Å²) in [5, 5.41) is 25.2. The SMILES string of the molecule is CNc1ccc(C(C)(C)c2ccc(NC(=O)c3cc(C(C)=O)c(C(=O)O)cc3C(=O)O)c(OCc3ccco3)c2)cc1OCc1ccco1. The molecule has 0 aliphatic rings. The summed E-state index contributed by atoms with van der Waals surface area (Å²) in [6, 6.07) is 19.9. The average Bonchev–Trinajstić information content (AvgIpc) is 3.81. The summed E-state index contributed by atoms with van der Waals surface area (Å²) in [5.41, 5.74) is 0.310. The van der Waals surface area contributed by atoms with Gasteiger partial charge in [-0.15, -0.1) is 0 Å². The fourth-order valence-corrected chi connectivity index (χ4v) is 5.25. The second-order valence-corrected chi connectivity index (χ2v) is 11.6. The molecule has 0 unspecified atom stereocenters. The third kappa shape index (κ3) is 7.49. The van der Waals surface area contributed by atoms with Crippen LogP contribution in [-0.4, -0.2) is 40.9 Å². The fraction of sp³-hybridized carbons (Fsp3) is 0.189. The number of furan rings is 2. The lowest BCUT2D eigenvalue weighted by Crippen LogP contribution is -2.21. The molecule has 0 radical (unpaired) electrons. The third-order valence-corrected chi connectivity index (χ3v) is 8.07. The number of aromatic carboxylic acids is 2. The Morgan fingerprint density at radius 1 is 0.694 bits per heavy atom. The van der Waals surface area contributed by atoms with E-state index in [1.165, 1.54) is 6.26 Å². The first-order valence-corrected chi connectivity index (χ1v) is 15.1. The maximum absolute atomic E-state index is 13.6. The number of carbonyl (C=O) groups is 4. The normalized spacial score (nSPS) is 11.1. The zero-order chi connectivity index (χ0) is 35.3. The lowest BCUT2D eigenvalue weighted by molar-refractivity contribution is 0.0690.